The van der Waals surface area contributed by atoms with E-state index >= 15 is 0 Å². The zero-order chi connectivity index (χ0) is 18.6. The number of ether oxygens (including phenoxy) is 2. The predicted molar refractivity (Wildman–Crippen MR) is 101 cm³/mol. The molecular weight excluding hydrogens is 362 g/mol. The molecular formula is C16H25N3O4S2. The van der Waals surface area contributed by atoms with Crippen LogP contribution in [-0.4, -0.2) is 69.2 Å². The third-order valence-electron chi connectivity index (χ3n) is 3.93. The van der Waals surface area contributed by atoms with Gasteiger partial charge in [0.2, 0.25) is 10.0 Å². The van der Waals surface area contributed by atoms with E-state index in [1.807, 2.05) is 18.7 Å². The van der Waals surface area contributed by atoms with E-state index in [2.05, 4.69) is 5.32 Å². The van der Waals surface area contributed by atoms with Crippen molar-refractivity contribution in [2.45, 2.75) is 24.8 Å². The lowest BCUT2D eigenvalue weighted by molar-refractivity contribution is 0.262. The Balaban J connectivity index is 2.16. The number of sulfonamides is 1. The van der Waals surface area contributed by atoms with Crippen LogP contribution >= 0.6 is 12.2 Å². The third-order valence-corrected chi connectivity index (χ3v) is 6.22. The van der Waals surface area contributed by atoms with Crippen molar-refractivity contribution < 1.29 is 17.9 Å². The Morgan fingerprint density at radius 1 is 1.16 bits per heavy atom. The third kappa shape index (κ3) is 4.53. The maximum absolute atomic E-state index is 13.0. The highest BCUT2D eigenvalue weighted by Crippen LogP contribution is 2.31. The Labute approximate surface area is 154 Å². The molecule has 0 unspecified atom stereocenters. The number of nitrogens with zero attached hydrogens (tertiary/aromatic N) is 2. The summed E-state index contributed by atoms with van der Waals surface area (Å²) in [6, 6.07) is 5.01. The van der Waals surface area contributed by atoms with E-state index in [0.717, 1.165) is 0 Å². The molecule has 25 heavy (non-hydrogen) atoms. The number of rotatable bonds is 5. The highest BCUT2D eigenvalue weighted by molar-refractivity contribution is 7.89. The molecule has 0 bridgehead atoms. The highest BCUT2D eigenvalue weighted by Gasteiger charge is 2.31. The first kappa shape index (κ1) is 19.7. The van der Waals surface area contributed by atoms with Crippen LogP contribution in [0.1, 0.15) is 13.8 Å². The second-order valence-electron chi connectivity index (χ2n) is 6.01. The maximum Gasteiger partial charge on any atom is 0.247 e. The number of hydrogen-bond donors (Lipinski definition) is 1. The molecule has 0 atom stereocenters. The lowest BCUT2D eigenvalue weighted by Crippen LogP contribution is -2.53. The Bertz CT molecular complexity index is 714. The summed E-state index contributed by atoms with van der Waals surface area (Å²) in [5, 5.41) is 3.84. The van der Waals surface area contributed by atoms with Gasteiger partial charge >= 0.3 is 0 Å². The van der Waals surface area contributed by atoms with Gasteiger partial charge in [0.15, 0.2) is 5.11 Å². The van der Waals surface area contributed by atoms with E-state index in [9.17, 15) is 8.42 Å². The summed E-state index contributed by atoms with van der Waals surface area (Å²) in [6.07, 6.45) is 0. The van der Waals surface area contributed by atoms with E-state index in [-0.39, 0.29) is 10.9 Å². The van der Waals surface area contributed by atoms with Gasteiger partial charge in [-0.2, -0.15) is 4.31 Å². The Morgan fingerprint density at radius 2 is 1.80 bits per heavy atom. The Morgan fingerprint density at radius 3 is 2.32 bits per heavy atom. The molecule has 0 spiro atoms. The van der Waals surface area contributed by atoms with Gasteiger partial charge in [-0.25, -0.2) is 8.42 Å². The molecule has 1 fully saturated rings. The minimum absolute atomic E-state index is 0.116. The van der Waals surface area contributed by atoms with Crippen LogP contribution in [0.4, 0.5) is 0 Å². The molecule has 2 rings (SSSR count). The molecule has 0 aliphatic carbocycles. The molecule has 1 aliphatic rings. The van der Waals surface area contributed by atoms with Crippen molar-refractivity contribution in [3.05, 3.63) is 18.2 Å². The molecule has 140 valence electrons. The quantitative estimate of drug-likeness (QED) is 0.764. The number of methoxy groups -OCH3 is 2. The number of piperazine rings is 1. The largest absolute Gasteiger partial charge is 0.497 e. The molecule has 1 aliphatic heterocycles. The van der Waals surface area contributed by atoms with Crippen LogP contribution in [0.5, 0.6) is 11.5 Å². The summed E-state index contributed by atoms with van der Waals surface area (Å²) in [4.78, 5) is 2.11. The SMILES string of the molecule is COc1ccc(OC)c(S(=O)(=O)N2CCN(C(=S)NC(C)C)CC2)c1. The van der Waals surface area contributed by atoms with Crippen molar-refractivity contribution in [3.63, 3.8) is 0 Å². The van der Waals surface area contributed by atoms with E-state index in [1.165, 1.54) is 24.6 Å². The summed E-state index contributed by atoms with van der Waals surface area (Å²) >= 11 is 5.36. The van der Waals surface area contributed by atoms with Gasteiger partial charge in [0, 0.05) is 38.3 Å². The average Bonchev–Trinajstić information content (AvgIpc) is 2.60. The number of benzene rings is 1. The molecule has 0 amide bonds. The highest BCUT2D eigenvalue weighted by atomic mass is 32.2. The first-order chi connectivity index (χ1) is 11.8. The van der Waals surface area contributed by atoms with Gasteiger partial charge in [-0.05, 0) is 38.2 Å². The van der Waals surface area contributed by atoms with Gasteiger partial charge in [0.05, 0.1) is 14.2 Å². The monoisotopic (exact) mass is 387 g/mol. The number of nitrogens with one attached hydrogen (secondary N) is 1. The number of thiocarbonyl (C=S) groups is 1. The second-order valence-corrected chi connectivity index (χ2v) is 8.31. The summed E-state index contributed by atoms with van der Waals surface area (Å²) in [6.45, 7) is 5.85. The van der Waals surface area contributed by atoms with E-state index in [4.69, 9.17) is 21.7 Å². The second kappa shape index (κ2) is 8.20. The van der Waals surface area contributed by atoms with Crippen molar-refractivity contribution >= 4 is 27.4 Å². The number of hydrogen-bond acceptors (Lipinski definition) is 5. The van der Waals surface area contributed by atoms with Crippen molar-refractivity contribution in [2.75, 3.05) is 40.4 Å². The minimum atomic E-state index is -3.67. The zero-order valence-electron chi connectivity index (χ0n) is 15.0. The minimum Gasteiger partial charge on any atom is -0.497 e. The lowest BCUT2D eigenvalue weighted by Gasteiger charge is -2.36. The summed E-state index contributed by atoms with van der Waals surface area (Å²) in [5.41, 5.74) is 0. The molecule has 7 nitrogen and oxygen atoms in total. The first-order valence-electron chi connectivity index (χ1n) is 8.07. The summed E-state index contributed by atoms with van der Waals surface area (Å²) in [5.74, 6) is 0.778. The molecule has 0 aromatic heterocycles. The molecule has 9 heteroatoms. The molecule has 1 heterocycles. The van der Waals surface area contributed by atoms with Crippen LogP contribution in [0.3, 0.4) is 0 Å². The average molecular weight is 388 g/mol. The van der Waals surface area contributed by atoms with E-state index < -0.39 is 10.0 Å². The standard InChI is InChI=1S/C16H25N3O4S2/c1-12(2)17-16(24)18-7-9-19(10-8-18)25(20,21)15-11-13(22-3)5-6-14(15)23-4/h5-6,11-12H,7-10H2,1-4H3,(H,17,24). The van der Waals surface area contributed by atoms with Crippen molar-refractivity contribution in [1.82, 2.24) is 14.5 Å². The van der Waals surface area contributed by atoms with Gasteiger partial charge in [-0.3, -0.25) is 0 Å². The predicted octanol–water partition coefficient (Wildman–Crippen LogP) is 1.29. The van der Waals surface area contributed by atoms with Gasteiger partial charge in [0.1, 0.15) is 16.4 Å². The van der Waals surface area contributed by atoms with E-state index in [1.54, 1.807) is 12.1 Å². The van der Waals surface area contributed by atoms with Crippen LogP contribution in [0, 0.1) is 0 Å². The van der Waals surface area contributed by atoms with Crippen LogP contribution in [0.2, 0.25) is 0 Å². The van der Waals surface area contributed by atoms with Gasteiger partial charge < -0.3 is 19.7 Å². The first-order valence-corrected chi connectivity index (χ1v) is 9.92. The fourth-order valence-corrected chi connectivity index (χ4v) is 4.61. The van der Waals surface area contributed by atoms with Crippen LogP contribution in [-0.2, 0) is 10.0 Å². The molecule has 1 N–H and O–H groups in total. The molecule has 0 radical (unpaired) electrons. The maximum atomic E-state index is 13.0. The molecule has 1 aromatic rings. The fraction of sp³-hybridized carbons (Fsp3) is 0.562. The fourth-order valence-electron chi connectivity index (χ4n) is 2.59. The van der Waals surface area contributed by atoms with Crippen LogP contribution in [0.15, 0.2) is 23.1 Å². The molecule has 1 saturated heterocycles. The lowest BCUT2D eigenvalue weighted by atomic mass is 10.3. The zero-order valence-corrected chi connectivity index (χ0v) is 16.6. The van der Waals surface area contributed by atoms with Crippen molar-refractivity contribution in [2.24, 2.45) is 0 Å². The van der Waals surface area contributed by atoms with E-state index in [0.29, 0.717) is 42.8 Å². The van der Waals surface area contributed by atoms with Gasteiger partial charge in [-0.15, -0.1) is 0 Å². The van der Waals surface area contributed by atoms with Crippen molar-refractivity contribution in [1.29, 1.82) is 0 Å². The van der Waals surface area contributed by atoms with Gasteiger partial charge in [0.25, 0.3) is 0 Å². The van der Waals surface area contributed by atoms with Gasteiger partial charge in [-0.1, -0.05) is 0 Å². The topological polar surface area (TPSA) is 71.1 Å². The Hall–Kier alpha value is -1.58. The normalized spacial score (nSPS) is 16.0. The smallest absolute Gasteiger partial charge is 0.247 e. The summed E-state index contributed by atoms with van der Waals surface area (Å²) in [7, 11) is -0.719. The van der Waals surface area contributed by atoms with Crippen LogP contribution in [0.25, 0.3) is 0 Å². The van der Waals surface area contributed by atoms with Crippen LogP contribution < -0.4 is 14.8 Å². The van der Waals surface area contributed by atoms with Crippen molar-refractivity contribution in [3.8, 4) is 11.5 Å². The molecule has 1 aromatic carbocycles. The summed E-state index contributed by atoms with van der Waals surface area (Å²) < 4.78 is 37.9. The molecule has 0 saturated carbocycles. The Kier molecular flexibility index (Phi) is 6.47.